The Hall–Kier alpha value is -2.95. The SMILES string of the molecule is O=C(C[NH+]1CC[NH+](Cc2ccccc2)CC1)NC(c1ccccc1)c1ccccc1. The Morgan fingerprint density at radius 1 is 0.700 bits per heavy atom. The highest BCUT2D eigenvalue weighted by Crippen LogP contribution is 2.21. The summed E-state index contributed by atoms with van der Waals surface area (Å²) in [6.07, 6.45) is 0. The molecule has 3 aromatic carbocycles. The Labute approximate surface area is 179 Å². The number of benzene rings is 3. The molecule has 0 bridgehead atoms. The summed E-state index contributed by atoms with van der Waals surface area (Å²) in [5.41, 5.74) is 3.62. The van der Waals surface area contributed by atoms with Gasteiger partial charge in [0.1, 0.15) is 32.7 Å². The minimum Gasteiger partial charge on any atom is -0.340 e. The molecule has 0 aromatic heterocycles. The van der Waals surface area contributed by atoms with Crippen LogP contribution < -0.4 is 15.1 Å². The van der Waals surface area contributed by atoms with E-state index in [1.165, 1.54) is 10.5 Å². The summed E-state index contributed by atoms with van der Waals surface area (Å²) in [6, 6.07) is 31.0. The van der Waals surface area contributed by atoms with Crippen LogP contribution in [0.1, 0.15) is 22.7 Å². The quantitative estimate of drug-likeness (QED) is 0.540. The topological polar surface area (TPSA) is 38.0 Å². The lowest BCUT2D eigenvalue weighted by molar-refractivity contribution is -1.02. The highest BCUT2D eigenvalue weighted by atomic mass is 16.2. The van der Waals surface area contributed by atoms with Gasteiger partial charge in [0, 0.05) is 5.56 Å². The molecule has 3 aromatic rings. The first-order valence-electron chi connectivity index (χ1n) is 10.9. The molecule has 4 heteroatoms. The average Bonchev–Trinajstić information content (AvgIpc) is 2.81. The van der Waals surface area contributed by atoms with Crippen LogP contribution in [0.15, 0.2) is 91.0 Å². The first-order valence-corrected chi connectivity index (χ1v) is 10.9. The fraction of sp³-hybridized carbons (Fsp3) is 0.269. The van der Waals surface area contributed by atoms with Crippen LogP contribution in [0, 0.1) is 0 Å². The van der Waals surface area contributed by atoms with Gasteiger partial charge in [0.05, 0.1) is 6.04 Å². The van der Waals surface area contributed by atoms with Crippen LogP contribution in [-0.4, -0.2) is 38.6 Å². The number of amides is 1. The third-order valence-electron chi connectivity index (χ3n) is 5.94. The van der Waals surface area contributed by atoms with E-state index in [1.54, 1.807) is 4.90 Å². The number of hydrogen-bond acceptors (Lipinski definition) is 1. The van der Waals surface area contributed by atoms with Gasteiger partial charge < -0.3 is 15.1 Å². The van der Waals surface area contributed by atoms with Gasteiger partial charge in [-0.1, -0.05) is 91.0 Å². The van der Waals surface area contributed by atoms with Gasteiger partial charge in [-0.3, -0.25) is 4.79 Å². The predicted octanol–water partition coefficient (Wildman–Crippen LogP) is 0.876. The number of hydrogen-bond donors (Lipinski definition) is 3. The standard InChI is InChI=1S/C26H29N3O/c30-25(21-29-18-16-28(17-19-29)20-22-10-4-1-5-11-22)27-26(23-12-6-2-7-13-23)24-14-8-3-9-15-24/h1-15,26H,16-21H2,(H,27,30)/p+2. The van der Waals surface area contributed by atoms with Crippen molar-refractivity contribution in [3.63, 3.8) is 0 Å². The molecule has 1 saturated heterocycles. The van der Waals surface area contributed by atoms with Crippen molar-refractivity contribution in [3.8, 4) is 0 Å². The van der Waals surface area contributed by atoms with Gasteiger partial charge in [0.15, 0.2) is 6.54 Å². The second kappa shape index (κ2) is 10.2. The van der Waals surface area contributed by atoms with Gasteiger partial charge in [-0.15, -0.1) is 0 Å². The van der Waals surface area contributed by atoms with E-state index >= 15 is 0 Å². The predicted molar refractivity (Wildman–Crippen MR) is 119 cm³/mol. The van der Waals surface area contributed by atoms with Crippen molar-refractivity contribution in [3.05, 3.63) is 108 Å². The normalized spacial score (nSPS) is 18.8. The highest BCUT2D eigenvalue weighted by molar-refractivity contribution is 5.77. The molecule has 0 aliphatic carbocycles. The molecule has 1 fully saturated rings. The van der Waals surface area contributed by atoms with E-state index in [0.717, 1.165) is 43.9 Å². The first kappa shape index (κ1) is 20.3. The molecular weight excluding hydrogens is 370 g/mol. The molecule has 0 spiro atoms. The lowest BCUT2D eigenvalue weighted by Crippen LogP contribution is -3.28. The van der Waals surface area contributed by atoms with Crippen molar-refractivity contribution in [2.75, 3.05) is 32.7 Å². The van der Waals surface area contributed by atoms with Crippen molar-refractivity contribution in [2.45, 2.75) is 12.6 Å². The molecule has 0 unspecified atom stereocenters. The molecule has 4 rings (SSSR count). The molecule has 4 nitrogen and oxygen atoms in total. The molecule has 1 heterocycles. The van der Waals surface area contributed by atoms with E-state index in [2.05, 4.69) is 59.9 Å². The molecule has 1 aliphatic heterocycles. The van der Waals surface area contributed by atoms with Crippen LogP contribution in [0.4, 0.5) is 0 Å². The maximum Gasteiger partial charge on any atom is 0.275 e. The minimum absolute atomic E-state index is 0.107. The van der Waals surface area contributed by atoms with Crippen molar-refractivity contribution < 1.29 is 14.6 Å². The number of quaternary nitrogens is 2. The maximum atomic E-state index is 12.9. The van der Waals surface area contributed by atoms with Gasteiger partial charge >= 0.3 is 0 Å². The van der Waals surface area contributed by atoms with Gasteiger partial charge in [-0.25, -0.2) is 0 Å². The van der Waals surface area contributed by atoms with E-state index in [9.17, 15) is 4.79 Å². The zero-order valence-corrected chi connectivity index (χ0v) is 17.4. The summed E-state index contributed by atoms with van der Waals surface area (Å²) in [6.45, 7) is 5.91. The fourth-order valence-corrected chi connectivity index (χ4v) is 4.28. The summed E-state index contributed by atoms with van der Waals surface area (Å²) in [4.78, 5) is 15.9. The molecule has 1 aliphatic rings. The Bertz CT molecular complexity index is 867. The molecular formula is C26H31N3O+2. The van der Waals surface area contributed by atoms with E-state index in [1.807, 2.05) is 36.4 Å². The summed E-state index contributed by atoms with van der Waals surface area (Å²) in [5, 5.41) is 3.28. The molecule has 0 saturated carbocycles. The highest BCUT2D eigenvalue weighted by Gasteiger charge is 2.26. The molecule has 154 valence electrons. The lowest BCUT2D eigenvalue weighted by atomic mass is 9.99. The lowest BCUT2D eigenvalue weighted by Gasteiger charge is -2.30. The fourth-order valence-electron chi connectivity index (χ4n) is 4.28. The minimum atomic E-state index is -0.107. The van der Waals surface area contributed by atoms with Crippen LogP contribution >= 0.6 is 0 Å². The van der Waals surface area contributed by atoms with Crippen molar-refractivity contribution in [2.24, 2.45) is 0 Å². The smallest absolute Gasteiger partial charge is 0.275 e. The van der Waals surface area contributed by atoms with Gasteiger partial charge in [-0.2, -0.15) is 0 Å². The van der Waals surface area contributed by atoms with E-state index < -0.39 is 0 Å². The second-order valence-electron chi connectivity index (χ2n) is 8.16. The molecule has 0 atom stereocenters. The van der Waals surface area contributed by atoms with E-state index in [4.69, 9.17) is 0 Å². The van der Waals surface area contributed by atoms with Crippen molar-refractivity contribution in [1.29, 1.82) is 0 Å². The van der Waals surface area contributed by atoms with E-state index in [-0.39, 0.29) is 11.9 Å². The van der Waals surface area contributed by atoms with E-state index in [0.29, 0.717) is 6.54 Å². The largest absolute Gasteiger partial charge is 0.340 e. The number of nitrogens with one attached hydrogen (secondary N) is 3. The molecule has 30 heavy (non-hydrogen) atoms. The first-order chi connectivity index (χ1) is 14.8. The zero-order valence-electron chi connectivity index (χ0n) is 17.4. The number of piperazine rings is 1. The maximum absolute atomic E-state index is 12.9. The van der Waals surface area contributed by atoms with Gasteiger partial charge in [0.25, 0.3) is 5.91 Å². The molecule has 0 radical (unpaired) electrons. The van der Waals surface area contributed by atoms with Gasteiger partial charge in [0.2, 0.25) is 0 Å². The monoisotopic (exact) mass is 401 g/mol. The summed E-state index contributed by atoms with van der Waals surface area (Å²) in [7, 11) is 0. The Morgan fingerprint density at radius 2 is 1.17 bits per heavy atom. The summed E-state index contributed by atoms with van der Waals surface area (Å²) < 4.78 is 0. The molecule has 3 N–H and O–H groups in total. The summed E-state index contributed by atoms with van der Waals surface area (Å²) >= 11 is 0. The Morgan fingerprint density at radius 3 is 1.70 bits per heavy atom. The number of carbonyl (C=O) groups excluding carboxylic acids is 1. The van der Waals surface area contributed by atoms with Crippen LogP contribution in [-0.2, 0) is 11.3 Å². The van der Waals surface area contributed by atoms with Gasteiger partial charge in [-0.05, 0) is 11.1 Å². The third-order valence-corrected chi connectivity index (χ3v) is 5.94. The number of carbonyl (C=O) groups is 1. The van der Waals surface area contributed by atoms with Crippen molar-refractivity contribution >= 4 is 5.91 Å². The average molecular weight is 402 g/mol. The zero-order chi connectivity index (χ0) is 20.6. The summed E-state index contributed by atoms with van der Waals surface area (Å²) in [5.74, 6) is 0.120. The third kappa shape index (κ3) is 5.56. The second-order valence-corrected chi connectivity index (χ2v) is 8.16. The van der Waals surface area contributed by atoms with Crippen molar-refractivity contribution in [1.82, 2.24) is 5.32 Å². The molecule has 1 amide bonds. The Balaban J connectivity index is 1.32. The van der Waals surface area contributed by atoms with Crippen LogP contribution in [0.2, 0.25) is 0 Å². The van der Waals surface area contributed by atoms with Crippen LogP contribution in [0.25, 0.3) is 0 Å². The Kier molecular flexibility index (Phi) is 6.91. The number of rotatable bonds is 7. The van der Waals surface area contributed by atoms with Crippen LogP contribution in [0.5, 0.6) is 0 Å². The van der Waals surface area contributed by atoms with Crippen LogP contribution in [0.3, 0.4) is 0 Å².